The summed E-state index contributed by atoms with van der Waals surface area (Å²) in [6, 6.07) is 3.69. The van der Waals surface area contributed by atoms with E-state index < -0.39 is 10.8 Å². The smallest absolute Gasteiger partial charge is 0.0533 e. The van der Waals surface area contributed by atoms with Crippen LogP contribution in [0.25, 0.3) is 0 Å². The summed E-state index contributed by atoms with van der Waals surface area (Å²) in [7, 11) is -0.849. The predicted molar refractivity (Wildman–Crippen MR) is 68.4 cm³/mol. The second-order valence-corrected chi connectivity index (χ2v) is 5.38. The van der Waals surface area contributed by atoms with Crippen molar-refractivity contribution in [2.45, 2.75) is 17.7 Å². The quantitative estimate of drug-likeness (QED) is 0.898. The van der Waals surface area contributed by atoms with Crippen molar-refractivity contribution >= 4 is 23.2 Å². The Balaban J connectivity index is 0.00000128. The maximum absolute atomic E-state index is 12.0. The molecule has 90 valence electrons. The van der Waals surface area contributed by atoms with Gasteiger partial charge in [-0.1, -0.05) is 0 Å². The van der Waals surface area contributed by atoms with Gasteiger partial charge in [-0.2, -0.15) is 0 Å². The molecule has 1 aliphatic heterocycles. The summed E-state index contributed by atoms with van der Waals surface area (Å²) in [6.07, 6.45) is 5.71. The Kier molecular flexibility index (Phi) is 5.95. The van der Waals surface area contributed by atoms with Gasteiger partial charge < -0.3 is 5.32 Å². The Hall–Kier alpha value is -0.450. The van der Waals surface area contributed by atoms with Gasteiger partial charge in [-0.3, -0.25) is 9.19 Å². The molecule has 0 aromatic carbocycles. The van der Waals surface area contributed by atoms with E-state index in [0.29, 0.717) is 5.92 Å². The zero-order valence-electron chi connectivity index (χ0n) is 9.09. The Morgan fingerprint density at radius 1 is 1.31 bits per heavy atom. The van der Waals surface area contributed by atoms with Crippen molar-refractivity contribution in [1.29, 1.82) is 0 Å². The standard InChI is InChI=1S/C11H16N2OS.ClH/c14-15(11-3-7-13-8-4-11)9-10-1-5-12-6-2-10;/h3-4,7-8,10,12H,1-2,5-6,9H2;1H. The van der Waals surface area contributed by atoms with Crippen molar-refractivity contribution < 1.29 is 4.21 Å². The summed E-state index contributed by atoms with van der Waals surface area (Å²) in [4.78, 5) is 4.84. The summed E-state index contributed by atoms with van der Waals surface area (Å²) in [6.45, 7) is 2.14. The van der Waals surface area contributed by atoms with Crippen LogP contribution in [0.15, 0.2) is 29.4 Å². The Bertz CT molecular complexity index is 328. The molecular formula is C11H17ClN2OS. The number of halogens is 1. The van der Waals surface area contributed by atoms with Gasteiger partial charge in [0.05, 0.1) is 10.8 Å². The molecule has 3 nitrogen and oxygen atoms in total. The fourth-order valence-electron chi connectivity index (χ4n) is 1.85. The average Bonchev–Trinajstić information content (AvgIpc) is 2.31. The molecule has 5 heteroatoms. The fourth-order valence-corrected chi connectivity index (χ4v) is 3.23. The minimum atomic E-state index is -0.849. The third-order valence-electron chi connectivity index (χ3n) is 2.76. The molecule has 0 aliphatic carbocycles. The molecule has 2 rings (SSSR count). The second-order valence-electron chi connectivity index (χ2n) is 3.89. The predicted octanol–water partition coefficient (Wildman–Crippen LogP) is 1.61. The first-order chi connectivity index (χ1) is 7.36. The summed E-state index contributed by atoms with van der Waals surface area (Å²) < 4.78 is 12.0. The van der Waals surface area contributed by atoms with Crippen molar-refractivity contribution in [1.82, 2.24) is 10.3 Å². The minimum absolute atomic E-state index is 0. The summed E-state index contributed by atoms with van der Waals surface area (Å²) in [5.41, 5.74) is 0. The van der Waals surface area contributed by atoms with E-state index in [2.05, 4.69) is 10.3 Å². The molecule has 1 fully saturated rings. The average molecular weight is 261 g/mol. The normalized spacial score (nSPS) is 18.8. The van der Waals surface area contributed by atoms with Crippen molar-refractivity contribution in [3.63, 3.8) is 0 Å². The van der Waals surface area contributed by atoms with Crippen molar-refractivity contribution in [3.05, 3.63) is 24.5 Å². The third kappa shape index (κ3) is 3.85. The topological polar surface area (TPSA) is 42.0 Å². The van der Waals surface area contributed by atoms with Crippen LogP contribution in [-0.2, 0) is 10.8 Å². The van der Waals surface area contributed by atoms with E-state index in [9.17, 15) is 4.21 Å². The van der Waals surface area contributed by atoms with E-state index in [-0.39, 0.29) is 12.4 Å². The monoisotopic (exact) mass is 260 g/mol. The highest BCUT2D eigenvalue weighted by Crippen LogP contribution is 2.16. The Labute approximate surface area is 105 Å². The summed E-state index contributed by atoms with van der Waals surface area (Å²) in [5.74, 6) is 1.41. The molecule has 1 atom stereocenters. The molecule has 16 heavy (non-hydrogen) atoms. The maximum Gasteiger partial charge on any atom is 0.0533 e. The van der Waals surface area contributed by atoms with E-state index in [1.54, 1.807) is 12.4 Å². The molecule has 1 N–H and O–H groups in total. The third-order valence-corrected chi connectivity index (χ3v) is 4.33. The van der Waals surface area contributed by atoms with Crippen LogP contribution in [0.5, 0.6) is 0 Å². The first kappa shape index (κ1) is 13.6. The highest BCUT2D eigenvalue weighted by Gasteiger charge is 2.16. The molecule has 0 bridgehead atoms. The van der Waals surface area contributed by atoms with Crippen LogP contribution in [0, 0.1) is 5.92 Å². The molecule has 0 spiro atoms. The van der Waals surface area contributed by atoms with E-state index >= 15 is 0 Å². The number of aromatic nitrogens is 1. The first-order valence-electron chi connectivity index (χ1n) is 5.35. The number of nitrogens with zero attached hydrogens (tertiary/aromatic N) is 1. The fraction of sp³-hybridized carbons (Fsp3) is 0.545. The lowest BCUT2D eigenvalue weighted by Gasteiger charge is -2.21. The van der Waals surface area contributed by atoms with Crippen LogP contribution in [0.1, 0.15) is 12.8 Å². The number of pyridine rings is 1. The number of piperidine rings is 1. The van der Waals surface area contributed by atoms with Crippen LogP contribution in [0.4, 0.5) is 0 Å². The molecule has 1 aromatic heterocycles. The zero-order chi connectivity index (χ0) is 10.5. The summed E-state index contributed by atoms with van der Waals surface area (Å²) >= 11 is 0. The first-order valence-corrected chi connectivity index (χ1v) is 6.67. The van der Waals surface area contributed by atoms with Crippen LogP contribution >= 0.6 is 12.4 Å². The SMILES string of the molecule is Cl.O=S(CC1CCNCC1)c1ccncc1. The molecule has 1 aliphatic rings. The van der Waals surface area contributed by atoms with Crippen LogP contribution in [0.3, 0.4) is 0 Å². The molecule has 0 saturated carbocycles. The number of hydrogen-bond donors (Lipinski definition) is 1. The van der Waals surface area contributed by atoms with Crippen molar-refractivity contribution in [2.24, 2.45) is 5.92 Å². The molecule has 1 aromatic rings. The largest absolute Gasteiger partial charge is 0.317 e. The lowest BCUT2D eigenvalue weighted by Crippen LogP contribution is -2.30. The van der Waals surface area contributed by atoms with Gasteiger partial charge in [0.1, 0.15) is 0 Å². The second kappa shape index (κ2) is 6.99. The number of hydrogen-bond acceptors (Lipinski definition) is 3. The highest BCUT2D eigenvalue weighted by molar-refractivity contribution is 7.85. The summed E-state index contributed by atoms with van der Waals surface area (Å²) in [5, 5.41) is 3.32. The maximum atomic E-state index is 12.0. The van der Waals surface area contributed by atoms with Gasteiger partial charge in [0, 0.05) is 23.0 Å². The highest BCUT2D eigenvalue weighted by atomic mass is 35.5. The minimum Gasteiger partial charge on any atom is -0.317 e. The zero-order valence-corrected chi connectivity index (χ0v) is 10.7. The van der Waals surface area contributed by atoms with Gasteiger partial charge in [-0.05, 0) is 44.0 Å². The molecular weight excluding hydrogens is 244 g/mol. The lowest BCUT2D eigenvalue weighted by molar-refractivity contribution is 0.405. The molecule has 2 heterocycles. The van der Waals surface area contributed by atoms with Crippen LogP contribution in [-0.4, -0.2) is 28.0 Å². The van der Waals surface area contributed by atoms with Gasteiger partial charge in [0.2, 0.25) is 0 Å². The van der Waals surface area contributed by atoms with Gasteiger partial charge in [0.25, 0.3) is 0 Å². The molecule has 0 amide bonds. The lowest BCUT2D eigenvalue weighted by atomic mass is 10.0. The van der Waals surface area contributed by atoms with Crippen LogP contribution < -0.4 is 5.32 Å². The van der Waals surface area contributed by atoms with E-state index in [1.165, 1.54) is 0 Å². The number of rotatable bonds is 3. The van der Waals surface area contributed by atoms with Crippen molar-refractivity contribution in [3.8, 4) is 0 Å². The molecule has 1 unspecified atom stereocenters. The number of nitrogens with one attached hydrogen (secondary N) is 1. The molecule has 0 radical (unpaired) electrons. The Morgan fingerprint density at radius 3 is 2.56 bits per heavy atom. The van der Waals surface area contributed by atoms with E-state index in [1.807, 2.05) is 12.1 Å². The van der Waals surface area contributed by atoms with Crippen molar-refractivity contribution in [2.75, 3.05) is 18.8 Å². The van der Waals surface area contributed by atoms with Gasteiger partial charge in [-0.25, -0.2) is 0 Å². The van der Waals surface area contributed by atoms with Gasteiger partial charge >= 0.3 is 0 Å². The van der Waals surface area contributed by atoms with Gasteiger partial charge in [-0.15, -0.1) is 12.4 Å². The van der Waals surface area contributed by atoms with Gasteiger partial charge in [0.15, 0.2) is 0 Å². The van der Waals surface area contributed by atoms with E-state index in [4.69, 9.17) is 0 Å². The van der Waals surface area contributed by atoms with E-state index in [0.717, 1.165) is 36.6 Å². The van der Waals surface area contributed by atoms with Crippen LogP contribution in [0.2, 0.25) is 0 Å². The Morgan fingerprint density at radius 2 is 1.94 bits per heavy atom. The molecule has 1 saturated heterocycles.